The molecule has 11 heavy (non-hydrogen) atoms. The van der Waals surface area contributed by atoms with E-state index in [1.165, 1.54) is 30.4 Å². The zero-order valence-electron chi connectivity index (χ0n) is 6.44. The van der Waals surface area contributed by atoms with Crippen LogP contribution >= 0.6 is 9.69 Å². The molecule has 0 fully saturated rings. The number of benzene rings is 1. The van der Waals surface area contributed by atoms with Gasteiger partial charge in [0.05, 0.1) is 0 Å². The Balaban J connectivity index is 0.000000281. The van der Waals surface area contributed by atoms with Gasteiger partial charge in [-0.1, -0.05) is 19.3 Å². The molecule has 0 amide bonds. The molecule has 0 saturated heterocycles. The summed E-state index contributed by atoms with van der Waals surface area (Å²) in [5.41, 5.74) is 3.05. The Morgan fingerprint density at radius 3 is 2.73 bits per heavy atom. The van der Waals surface area contributed by atoms with Crippen LogP contribution in [0.25, 0.3) is 0 Å². The largest absolute Gasteiger partial charge is 0.184 e. The Kier molecular flexibility index (Phi) is 4.11. The minimum atomic E-state index is 0.847. The number of aryl methyl sites for hydroxylation is 2. The first-order chi connectivity index (χ1) is 5.47. The fourth-order valence-electron chi connectivity index (χ4n) is 1.44. The van der Waals surface area contributed by atoms with Gasteiger partial charge in [0.2, 0.25) is 0 Å². The summed E-state index contributed by atoms with van der Waals surface area (Å²) in [6, 6.07) is 9.39. The van der Waals surface area contributed by atoms with Gasteiger partial charge in [-0.05, 0) is 0 Å². The van der Waals surface area contributed by atoms with Crippen LogP contribution in [-0.4, -0.2) is 0 Å². The van der Waals surface area contributed by atoms with Crippen molar-refractivity contribution >= 4 is 9.69 Å². The van der Waals surface area contributed by atoms with Crippen molar-refractivity contribution < 1.29 is 17.3 Å². The molecule has 54 valence electrons. The molecule has 0 unspecified atom stereocenters. The van der Waals surface area contributed by atoms with Crippen molar-refractivity contribution in [1.82, 2.24) is 0 Å². The second-order valence-electron chi connectivity index (χ2n) is 2.55. The monoisotopic (exact) mass is 216 g/mol. The third-order valence-electron chi connectivity index (χ3n) is 1.94. The van der Waals surface area contributed by atoms with E-state index in [0.717, 1.165) is 17.3 Å². The normalized spacial score (nSPS) is 13.4. The van der Waals surface area contributed by atoms with Crippen LogP contribution in [0.2, 0.25) is 0 Å². The smallest absolute Gasteiger partial charge is 0.0509 e. The molecule has 2 rings (SSSR count). The maximum absolute atomic E-state index is 4.76. The molecule has 0 heterocycles. The summed E-state index contributed by atoms with van der Waals surface area (Å²) in [5.74, 6) is 0. The number of rotatable bonds is 0. The Labute approximate surface area is 81.7 Å². The minimum Gasteiger partial charge on any atom is -0.184 e. The van der Waals surface area contributed by atoms with E-state index in [-0.39, 0.29) is 0 Å². The average molecular weight is 218 g/mol. The van der Waals surface area contributed by atoms with Gasteiger partial charge in [-0.3, -0.25) is 0 Å². The van der Waals surface area contributed by atoms with E-state index in [0.29, 0.717) is 0 Å². The van der Waals surface area contributed by atoms with Crippen molar-refractivity contribution in [3.8, 4) is 0 Å². The van der Waals surface area contributed by atoms with Crippen molar-refractivity contribution in [3.05, 3.63) is 35.4 Å². The standard InChI is InChI=1S/C9H9.ClH.Zn/c1-2-5-9-7-3-6-8(9)4-1;;/h1,4-5H,3,6-7H2;1H;/q-1;;+2/p-1. The Hall–Kier alpha value is 0.133. The summed E-state index contributed by atoms with van der Waals surface area (Å²) in [4.78, 5) is 0. The molecule has 1 aliphatic carbocycles. The van der Waals surface area contributed by atoms with E-state index in [4.69, 9.17) is 9.69 Å². The summed E-state index contributed by atoms with van der Waals surface area (Å²) in [5, 5.41) is 0. The van der Waals surface area contributed by atoms with E-state index < -0.39 is 0 Å². The Morgan fingerprint density at radius 1 is 1.27 bits per heavy atom. The van der Waals surface area contributed by atoms with Gasteiger partial charge in [0.15, 0.2) is 0 Å². The number of hydrogen-bond acceptors (Lipinski definition) is 0. The summed E-state index contributed by atoms with van der Waals surface area (Å²) >= 11 is 0.847. The molecule has 0 spiro atoms. The molecule has 0 saturated carbocycles. The van der Waals surface area contributed by atoms with E-state index in [9.17, 15) is 0 Å². The van der Waals surface area contributed by atoms with E-state index in [1.54, 1.807) is 0 Å². The van der Waals surface area contributed by atoms with Gasteiger partial charge in [0, 0.05) is 0 Å². The van der Waals surface area contributed by atoms with Gasteiger partial charge < -0.3 is 0 Å². The first-order valence-electron chi connectivity index (χ1n) is 3.71. The van der Waals surface area contributed by atoms with Crippen LogP contribution in [0.4, 0.5) is 0 Å². The number of hydrogen-bond donors (Lipinski definition) is 0. The van der Waals surface area contributed by atoms with Crippen LogP contribution in [0.3, 0.4) is 0 Å². The van der Waals surface area contributed by atoms with Gasteiger partial charge in [-0.15, -0.1) is 0 Å². The van der Waals surface area contributed by atoms with Crippen LogP contribution in [0, 0.1) is 6.07 Å². The summed E-state index contributed by atoms with van der Waals surface area (Å²) < 4.78 is 0. The molecule has 0 N–H and O–H groups in total. The fourth-order valence-corrected chi connectivity index (χ4v) is 1.44. The first kappa shape index (κ1) is 9.22. The third kappa shape index (κ3) is 2.28. The molecule has 1 aromatic rings. The quantitative estimate of drug-likeness (QED) is 0.463. The van der Waals surface area contributed by atoms with Gasteiger partial charge in [-0.2, -0.15) is 35.4 Å². The number of fused-ring (bicyclic) bond motifs is 1. The Morgan fingerprint density at radius 2 is 2.00 bits per heavy atom. The van der Waals surface area contributed by atoms with Crippen molar-refractivity contribution in [3.63, 3.8) is 0 Å². The maximum Gasteiger partial charge on any atom is -0.0509 e. The van der Waals surface area contributed by atoms with Gasteiger partial charge in [0.1, 0.15) is 0 Å². The van der Waals surface area contributed by atoms with Crippen molar-refractivity contribution in [2.24, 2.45) is 0 Å². The predicted octanol–water partition coefficient (Wildman–Crippen LogP) is 2.66. The van der Waals surface area contributed by atoms with Crippen molar-refractivity contribution in [1.29, 1.82) is 0 Å². The predicted molar refractivity (Wildman–Crippen MR) is 43.2 cm³/mol. The minimum absolute atomic E-state index is 0.847. The molecule has 0 nitrogen and oxygen atoms in total. The molecule has 0 aliphatic heterocycles. The van der Waals surface area contributed by atoms with Gasteiger partial charge in [-0.25, -0.2) is 0 Å². The molecule has 1 aromatic carbocycles. The van der Waals surface area contributed by atoms with Crippen LogP contribution in [0.1, 0.15) is 17.5 Å². The molecule has 0 atom stereocenters. The molecular weight excluding hydrogens is 209 g/mol. The van der Waals surface area contributed by atoms with Crippen LogP contribution in [0.15, 0.2) is 18.2 Å². The second kappa shape index (κ2) is 4.90. The van der Waals surface area contributed by atoms with Crippen LogP contribution < -0.4 is 0 Å². The second-order valence-corrected chi connectivity index (χ2v) is 2.55. The molecule has 1 aliphatic rings. The van der Waals surface area contributed by atoms with Crippen molar-refractivity contribution in [2.45, 2.75) is 19.3 Å². The van der Waals surface area contributed by atoms with E-state index >= 15 is 0 Å². The van der Waals surface area contributed by atoms with Gasteiger partial charge >= 0.3 is 27.0 Å². The zero-order valence-corrected chi connectivity index (χ0v) is 10.2. The van der Waals surface area contributed by atoms with Crippen molar-refractivity contribution in [2.75, 3.05) is 0 Å². The zero-order chi connectivity index (χ0) is 8.10. The number of halogens is 1. The molecule has 0 bridgehead atoms. The molecular formula is C9H9ClZn. The molecule has 0 aromatic heterocycles. The SMILES string of the molecule is [Cl][Zn+].[c-]1ccc2c(c1)CCC2. The topological polar surface area (TPSA) is 0 Å². The van der Waals surface area contributed by atoms with Crippen LogP contribution in [0.5, 0.6) is 0 Å². The van der Waals surface area contributed by atoms with Crippen LogP contribution in [-0.2, 0) is 30.2 Å². The third-order valence-corrected chi connectivity index (χ3v) is 1.94. The summed E-state index contributed by atoms with van der Waals surface area (Å²) in [6.07, 6.45) is 3.89. The van der Waals surface area contributed by atoms with Gasteiger partial charge in [0.25, 0.3) is 0 Å². The molecule has 2 heteroatoms. The average Bonchev–Trinajstić information content (AvgIpc) is 2.55. The summed E-state index contributed by atoms with van der Waals surface area (Å²) in [6.45, 7) is 0. The maximum atomic E-state index is 4.76. The first-order valence-corrected chi connectivity index (χ1v) is 7.61. The van der Waals surface area contributed by atoms with E-state index in [2.05, 4.69) is 18.2 Å². The fraction of sp³-hybridized carbons (Fsp3) is 0.333. The molecule has 0 radical (unpaired) electrons. The Bertz CT molecular complexity index is 200. The van der Waals surface area contributed by atoms with E-state index in [1.807, 2.05) is 6.07 Å². The summed E-state index contributed by atoms with van der Waals surface area (Å²) in [7, 11) is 4.76.